The molecule has 0 heterocycles. The molecule has 1 nitrogen and oxygen atoms in total. The van der Waals surface area contributed by atoms with Crippen molar-refractivity contribution >= 4 is 0 Å². The molecule has 0 spiro atoms. The number of ether oxygens (including phenoxy) is 1. The lowest BCUT2D eigenvalue weighted by molar-refractivity contribution is 0.269. The zero-order valence-corrected chi connectivity index (χ0v) is 8.92. The fourth-order valence-corrected chi connectivity index (χ4v) is 1.22. The Kier molecular flexibility index (Phi) is 3.35. The van der Waals surface area contributed by atoms with Crippen LogP contribution in [0.1, 0.15) is 25.0 Å². The van der Waals surface area contributed by atoms with Crippen LogP contribution in [0.2, 0.25) is 0 Å². The number of aryl methyl sites for hydroxylation is 2. The van der Waals surface area contributed by atoms with E-state index in [1.807, 2.05) is 6.07 Å². The maximum absolute atomic E-state index is 5.65. The van der Waals surface area contributed by atoms with E-state index in [0.29, 0.717) is 5.92 Å². The van der Waals surface area contributed by atoms with Crippen molar-refractivity contribution in [2.75, 3.05) is 6.61 Å². The van der Waals surface area contributed by atoms with Gasteiger partial charge in [0.15, 0.2) is 0 Å². The molecule has 13 heavy (non-hydrogen) atoms. The average Bonchev–Trinajstić information content (AvgIpc) is 2.02. The zero-order valence-electron chi connectivity index (χ0n) is 8.92. The Morgan fingerprint density at radius 2 is 1.92 bits per heavy atom. The summed E-state index contributed by atoms with van der Waals surface area (Å²) >= 11 is 0. The third kappa shape index (κ3) is 3.10. The highest BCUT2D eigenvalue weighted by atomic mass is 16.5. The van der Waals surface area contributed by atoms with Gasteiger partial charge < -0.3 is 4.74 Å². The minimum Gasteiger partial charge on any atom is -0.493 e. The Morgan fingerprint density at radius 3 is 2.46 bits per heavy atom. The van der Waals surface area contributed by atoms with Gasteiger partial charge >= 0.3 is 0 Å². The molecule has 0 saturated heterocycles. The van der Waals surface area contributed by atoms with E-state index in [1.165, 1.54) is 11.1 Å². The Hall–Kier alpha value is -0.980. The third-order valence-corrected chi connectivity index (χ3v) is 1.90. The van der Waals surface area contributed by atoms with Crippen LogP contribution in [0.4, 0.5) is 0 Å². The highest BCUT2D eigenvalue weighted by Crippen LogP contribution is 2.19. The normalized spacial score (nSPS) is 10.5. The van der Waals surface area contributed by atoms with E-state index in [9.17, 15) is 0 Å². The second-order valence-electron chi connectivity index (χ2n) is 3.97. The van der Waals surface area contributed by atoms with Gasteiger partial charge in [0, 0.05) is 0 Å². The fourth-order valence-electron chi connectivity index (χ4n) is 1.22. The lowest BCUT2D eigenvalue weighted by atomic mass is 10.1. The molecule has 0 bridgehead atoms. The standard InChI is InChI=1S/C12H18O/c1-9(2)8-13-12-6-5-10(3)7-11(12)4/h5-7,9H,8H2,1-4H3. The molecular formula is C12H18O. The fraction of sp³-hybridized carbons (Fsp3) is 0.500. The maximum atomic E-state index is 5.65. The topological polar surface area (TPSA) is 9.23 Å². The molecule has 0 unspecified atom stereocenters. The summed E-state index contributed by atoms with van der Waals surface area (Å²) in [6, 6.07) is 6.28. The quantitative estimate of drug-likeness (QED) is 0.689. The van der Waals surface area contributed by atoms with Crippen LogP contribution in [0.3, 0.4) is 0 Å². The second kappa shape index (κ2) is 4.31. The molecule has 0 fully saturated rings. The maximum Gasteiger partial charge on any atom is 0.122 e. The summed E-state index contributed by atoms with van der Waals surface area (Å²) in [7, 11) is 0. The summed E-state index contributed by atoms with van der Waals surface area (Å²) in [6.45, 7) is 9.29. The first kappa shape index (κ1) is 10.1. The van der Waals surface area contributed by atoms with Gasteiger partial charge in [0.2, 0.25) is 0 Å². The lowest BCUT2D eigenvalue weighted by Crippen LogP contribution is -2.05. The first-order chi connectivity index (χ1) is 6.09. The van der Waals surface area contributed by atoms with Crippen LogP contribution in [0.15, 0.2) is 18.2 Å². The molecule has 1 rings (SSSR count). The highest BCUT2D eigenvalue weighted by Gasteiger charge is 2.00. The molecule has 72 valence electrons. The van der Waals surface area contributed by atoms with E-state index in [2.05, 4.69) is 39.8 Å². The van der Waals surface area contributed by atoms with Crippen molar-refractivity contribution in [1.29, 1.82) is 0 Å². The summed E-state index contributed by atoms with van der Waals surface area (Å²) in [4.78, 5) is 0. The Bertz CT molecular complexity index is 276. The van der Waals surface area contributed by atoms with Gasteiger partial charge in [-0.3, -0.25) is 0 Å². The molecular weight excluding hydrogens is 160 g/mol. The zero-order chi connectivity index (χ0) is 9.84. The van der Waals surface area contributed by atoms with Crippen LogP contribution < -0.4 is 4.74 Å². The van der Waals surface area contributed by atoms with Crippen LogP contribution in [-0.2, 0) is 0 Å². The molecule has 0 radical (unpaired) electrons. The van der Waals surface area contributed by atoms with Gasteiger partial charge in [-0.15, -0.1) is 0 Å². The Balaban J connectivity index is 2.67. The van der Waals surface area contributed by atoms with Crippen LogP contribution in [0.5, 0.6) is 5.75 Å². The predicted octanol–water partition coefficient (Wildman–Crippen LogP) is 3.34. The molecule has 0 aliphatic carbocycles. The average molecular weight is 178 g/mol. The van der Waals surface area contributed by atoms with E-state index < -0.39 is 0 Å². The van der Waals surface area contributed by atoms with Gasteiger partial charge in [-0.2, -0.15) is 0 Å². The van der Waals surface area contributed by atoms with Gasteiger partial charge in [-0.1, -0.05) is 31.5 Å². The van der Waals surface area contributed by atoms with Crippen LogP contribution >= 0.6 is 0 Å². The molecule has 0 aromatic heterocycles. The van der Waals surface area contributed by atoms with E-state index in [0.717, 1.165) is 12.4 Å². The SMILES string of the molecule is Cc1ccc(OCC(C)C)c(C)c1. The van der Waals surface area contributed by atoms with Gasteiger partial charge in [0.05, 0.1) is 6.61 Å². The molecule has 0 saturated carbocycles. The molecule has 1 heteroatoms. The minimum absolute atomic E-state index is 0.584. The van der Waals surface area contributed by atoms with Crippen molar-refractivity contribution < 1.29 is 4.74 Å². The number of benzene rings is 1. The minimum atomic E-state index is 0.584. The smallest absolute Gasteiger partial charge is 0.122 e. The summed E-state index contributed by atoms with van der Waals surface area (Å²) in [5, 5.41) is 0. The van der Waals surface area contributed by atoms with E-state index >= 15 is 0 Å². The monoisotopic (exact) mass is 178 g/mol. The molecule has 0 aliphatic heterocycles. The molecule has 0 aliphatic rings. The molecule has 0 atom stereocenters. The van der Waals surface area contributed by atoms with Gasteiger partial charge in [-0.05, 0) is 31.4 Å². The molecule has 0 amide bonds. The van der Waals surface area contributed by atoms with Crippen molar-refractivity contribution in [3.8, 4) is 5.75 Å². The summed E-state index contributed by atoms with van der Waals surface area (Å²) in [5.74, 6) is 1.60. The Labute approximate surface area is 80.7 Å². The van der Waals surface area contributed by atoms with Crippen LogP contribution in [-0.4, -0.2) is 6.61 Å². The molecule has 0 N–H and O–H groups in total. The third-order valence-electron chi connectivity index (χ3n) is 1.90. The number of hydrogen-bond acceptors (Lipinski definition) is 1. The first-order valence-electron chi connectivity index (χ1n) is 4.79. The highest BCUT2D eigenvalue weighted by molar-refractivity contribution is 5.35. The van der Waals surface area contributed by atoms with Gasteiger partial charge in [0.1, 0.15) is 5.75 Å². The van der Waals surface area contributed by atoms with Crippen LogP contribution in [0.25, 0.3) is 0 Å². The van der Waals surface area contributed by atoms with Gasteiger partial charge in [0.25, 0.3) is 0 Å². The molecule has 1 aromatic carbocycles. The first-order valence-corrected chi connectivity index (χ1v) is 4.79. The van der Waals surface area contributed by atoms with E-state index in [4.69, 9.17) is 4.74 Å². The van der Waals surface area contributed by atoms with Crippen molar-refractivity contribution in [3.05, 3.63) is 29.3 Å². The van der Waals surface area contributed by atoms with Crippen molar-refractivity contribution in [3.63, 3.8) is 0 Å². The van der Waals surface area contributed by atoms with Crippen molar-refractivity contribution in [2.45, 2.75) is 27.7 Å². The second-order valence-corrected chi connectivity index (χ2v) is 3.97. The number of hydrogen-bond donors (Lipinski definition) is 0. The van der Waals surface area contributed by atoms with E-state index in [1.54, 1.807) is 0 Å². The Morgan fingerprint density at radius 1 is 1.23 bits per heavy atom. The molecule has 1 aromatic rings. The van der Waals surface area contributed by atoms with Crippen LogP contribution in [0, 0.1) is 19.8 Å². The number of rotatable bonds is 3. The van der Waals surface area contributed by atoms with Gasteiger partial charge in [-0.25, -0.2) is 0 Å². The summed E-state index contributed by atoms with van der Waals surface area (Å²) in [6.07, 6.45) is 0. The predicted molar refractivity (Wildman–Crippen MR) is 56.2 cm³/mol. The van der Waals surface area contributed by atoms with Crippen molar-refractivity contribution in [2.24, 2.45) is 5.92 Å². The van der Waals surface area contributed by atoms with Crippen molar-refractivity contribution in [1.82, 2.24) is 0 Å². The van der Waals surface area contributed by atoms with E-state index in [-0.39, 0.29) is 0 Å². The largest absolute Gasteiger partial charge is 0.493 e. The summed E-state index contributed by atoms with van der Waals surface area (Å²) in [5.41, 5.74) is 2.51. The lowest BCUT2D eigenvalue weighted by Gasteiger charge is -2.11. The summed E-state index contributed by atoms with van der Waals surface area (Å²) < 4.78 is 5.65.